The van der Waals surface area contributed by atoms with Crippen molar-refractivity contribution in [3.8, 4) is 0 Å². The molecule has 3 heteroatoms. The van der Waals surface area contributed by atoms with Crippen molar-refractivity contribution in [3.63, 3.8) is 0 Å². The normalized spacial score (nSPS) is 16.6. The van der Waals surface area contributed by atoms with Gasteiger partial charge in [0, 0.05) is 0 Å². The molecule has 3 nitrogen and oxygen atoms in total. The second-order valence-corrected chi connectivity index (χ2v) is 2.57. The zero-order valence-electron chi connectivity index (χ0n) is 6.96. The van der Waals surface area contributed by atoms with Crippen LogP contribution in [-0.4, -0.2) is 11.5 Å². The number of aliphatic carboxylic acids is 1. The first kappa shape index (κ1) is 10.2. The lowest BCUT2D eigenvalue weighted by Crippen LogP contribution is -2.54. The smallest absolute Gasteiger partial charge is 0.0616 e. The lowest BCUT2D eigenvalue weighted by Gasteiger charge is -2.27. The second-order valence-electron chi connectivity index (χ2n) is 2.57. The molecule has 0 spiro atoms. The highest BCUT2D eigenvalue weighted by Gasteiger charge is 2.21. The highest BCUT2D eigenvalue weighted by molar-refractivity contribution is 5.76. The van der Waals surface area contributed by atoms with Crippen molar-refractivity contribution in [2.75, 3.05) is 0 Å². The van der Waals surface area contributed by atoms with Gasteiger partial charge in [0.15, 0.2) is 0 Å². The Morgan fingerprint density at radius 1 is 1.73 bits per heavy atom. The summed E-state index contributed by atoms with van der Waals surface area (Å²) in [5.74, 6) is -1.18. The minimum absolute atomic E-state index is 0.336. The number of nitrogens with two attached hydrogens (primary N) is 1. The zero-order chi connectivity index (χ0) is 8.91. The average Bonchev–Trinajstić information content (AvgIpc) is 2.00. The van der Waals surface area contributed by atoms with E-state index in [0.717, 1.165) is 0 Å². The molecule has 0 fully saturated rings. The molecule has 64 valence electrons. The molecule has 0 amide bonds. The quantitative estimate of drug-likeness (QED) is 0.574. The predicted octanol–water partition coefficient (Wildman–Crippen LogP) is -0.190. The van der Waals surface area contributed by atoms with Gasteiger partial charge in [0.2, 0.25) is 0 Å². The fourth-order valence-electron chi connectivity index (χ4n) is 0.700. The van der Waals surface area contributed by atoms with E-state index in [1.807, 2.05) is 6.92 Å². The maximum atomic E-state index is 10.5. The fourth-order valence-corrected chi connectivity index (χ4v) is 0.700. The Morgan fingerprint density at radius 2 is 2.27 bits per heavy atom. The van der Waals surface area contributed by atoms with Crippen LogP contribution >= 0.6 is 0 Å². The zero-order valence-corrected chi connectivity index (χ0v) is 6.96. The molecular weight excluding hydrogens is 142 g/mol. The summed E-state index contributed by atoms with van der Waals surface area (Å²) in [6, 6.07) is 0. The SMILES string of the molecule is C/C=C/CC(N)(CC)C(=O)[O-]. The molecule has 1 unspecified atom stereocenters. The van der Waals surface area contributed by atoms with E-state index in [9.17, 15) is 9.90 Å². The molecular formula is C8H14NO2-. The summed E-state index contributed by atoms with van der Waals surface area (Å²) < 4.78 is 0. The van der Waals surface area contributed by atoms with Crippen molar-refractivity contribution in [1.29, 1.82) is 0 Å². The van der Waals surface area contributed by atoms with Gasteiger partial charge in [0.05, 0.1) is 11.5 Å². The maximum Gasteiger partial charge on any atom is 0.0616 e. The first-order chi connectivity index (χ1) is 5.06. The monoisotopic (exact) mass is 156 g/mol. The summed E-state index contributed by atoms with van der Waals surface area (Å²) in [5.41, 5.74) is 4.32. The van der Waals surface area contributed by atoms with Gasteiger partial charge in [0.25, 0.3) is 0 Å². The van der Waals surface area contributed by atoms with Crippen LogP contribution in [0.2, 0.25) is 0 Å². The Balaban J connectivity index is 4.22. The third-order valence-electron chi connectivity index (χ3n) is 1.76. The van der Waals surface area contributed by atoms with Crippen LogP contribution in [0.25, 0.3) is 0 Å². The molecule has 0 saturated carbocycles. The van der Waals surface area contributed by atoms with Crippen molar-refractivity contribution >= 4 is 5.97 Å². The molecule has 0 aromatic rings. The van der Waals surface area contributed by atoms with Gasteiger partial charge in [-0.05, 0) is 19.8 Å². The summed E-state index contributed by atoms with van der Waals surface area (Å²) in [6.07, 6.45) is 4.24. The Kier molecular flexibility index (Phi) is 3.82. The molecule has 0 aliphatic carbocycles. The molecule has 0 aliphatic heterocycles. The third-order valence-corrected chi connectivity index (χ3v) is 1.76. The lowest BCUT2D eigenvalue weighted by molar-refractivity contribution is -0.313. The van der Waals surface area contributed by atoms with Crippen LogP contribution in [-0.2, 0) is 4.79 Å². The van der Waals surface area contributed by atoms with Crippen molar-refractivity contribution in [1.82, 2.24) is 0 Å². The minimum Gasteiger partial charge on any atom is -0.548 e. The van der Waals surface area contributed by atoms with Gasteiger partial charge < -0.3 is 15.6 Å². The van der Waals surface area contributed by atoms with Gasteiger partial charge >= 0.3 is 0 Å². The van der Waals surface area contributed by atoms with Crippen molar-refractivity contribution in [2.24, 2.45) is 5.73 Å². The maximum absolute atomic E-state index is 10.5. The molecule has 0 rings (SSSR count). The minimum atomic E-state index is -1.19. The van der Waals surface area contributed by atoms with E-state index in [-0.39, 0.29) is 0 Å². The van der Waals surface area contributed by atoms with Crippen LogP contribution in [0, 0.1) is 0 Å². The highest BCUT2D eigenvalue weighted by Crippen LogP contribution is 2.10. The van der Waals surface area contributed by atoms with E-state index in [1.165, 1.54) is 0 Å². The van der Waals surface area contributed by atoms with Gasteiger partial charge in [-0.25, -0.2) is 0 Å². The van der Waals surface area contributed by atoms with Crippen LogP contribution in [0.4, 0.5) is 0 Å². The van der Waals surface area contributed by atoms with Crippen LogP contribution < -0.4 is 10.8 Å². The number of hydrogen-bond acceptors (Lipinski definition) is 3. The number of hydrogen-bond donors (Lipinski definition) is 1. The number of allylic oxidation sites excluding steroid dienone is 1. The van der Waals surface area contributed by atoms with Crippen LogP contribution in [0.3, 0.4) is 0 Å². The van der Waals surface area contributed by atoms with E-state index >= 15 is 0 Å². The Morgan fingerprint density at radius 3 is 2.55 bits per heavy atom. The van der Waals surface area contributed by atoms with Crippen LogP contribution in [0.5, 0.6) is 0 Å². The lowest BCUT2D eigenvalue weighted by atomic mass is 9.93. The van der Waals surface area contributed by atoms with Crippen LogP contribution in [0.15, 0.2) is 12.2 Å². The number of carbonyl (C=O) groups excluding carboxylic acids is 1. The summed E-state index contributed by atoms with van der Waals surface area (Å²) in [5, 5.41) is 10.5. The number of carbonyl (C=O) groups is 1. The Labute approximate surface area is 66.9 Å². The van der Waals surface area contributed by atoms with Crippen molar-refractivity contribution in [3.05, 3.63) is 12.2 Å². The molecule has 11 heavy (non-hydrogen) atoms. The average molecular weight is 156 g/mol. The topological polar surface area (TPSA) is 66.2 Å². The summed E-state index contributed by atoms with van der Waals surface area (Å²) in [4.78, 5) is 10.5. The van der Waals surface area contributed by atoms with Gasteiger partial charge in [-0.3, -0.25) is 0 Å². The second kappa shape index (κ2) is 4.13. The van der Waals surface area contributed by atoms with Crippen LogP contribution in [0.1, 0.15) is 26.7 Å². The first-order valence-corrected chi connectivity index (χ1v) is 3.68. The molecule has 0 heterocycles. The molecule has 1 atom stereocenters. The summed E-state index contributed by atoms with van der Waals surface area (Å²) in [6.45, 7) is 3.56. The standard InChI is InChI=1S/C8H15NO2/c1-3-5-6-8(9,4-2)7(10)11/h3,5H,4,6,9H2,1-2H3,(H,10,11)/p-1/b5-3+. The molecule has 0 aromatic carbocycles. The third kappa shape index (κ3) is 2.72. The predicted molar refractivity (Wildman–Crippen MR) is 41.6 cm³/mol. The number of rotatable bonds is 4. The fraction of sp³-hybridized carbons (Fsp3) is 0.625. The highest BCUT2D eigenvalue weighted by atomic mass is 16.4. The molecule has 0 saturated heterocycles. The Hall–Kier alpha value is -0.830. The molecule has 0 bridgehead atoms. The Bertz CT molecular complexity index is 165. The molecule has 2 N–H and O–H groups in total. The summed E-state index contributed by atoms with van der Waals surface area (Å²) in [7, 11) is 0. The van der Waals surface area contributed by atoms with Crippen molar-refractivity contribution in [2.45, 2.75) is 32.2 Å². The first-order valence-electron chi connectivity index (χ1n) is 3.68. The largest absolute Gasteiger partial charge is 0.548 e. The molecule has 0 radical (unpaired) electrons. The number of carboxylic acids is 1. The summed E-state index contributed by atoms with van der Waals surface area (Å²) >= 11 is 0. The molecule has 0 aliphatic rings. The molecule has 0 aromatic heterocycles. The number of carboxylic acid groups (broad SMARTS) is 1. The van der Waals surface area contributed by atoms with Gasteiger partial charge in [-0.1, -0.05) is 19.1 Å². The van der Waals surface area contributed by atoms with Crippen molar-refractivity contribution < 1.29 is 9.90 Å². The van der Waals surface area contributed by atoms with E-state index < -0.39 is 11.5 Å². The van der Waals surface area contributed by atoms with Gasteiger partial charge in [-0.15, -0.1) is 0 Å². The van der Waals surface area contributed by atoms with E-state index in [2.05, 4.69) is 0 Å². The van der Waals surface area contributed by atoms with E-state index in [4.69, 9.17) is 5.73 Å². The van der Waals surface area contributed by atoms with Gasteiger partial charge in [0.1, 0.15) is 0 Å². The van der Waals surface area contributed by atoms with E-state index in [0.29, 0.717) is 12.8 Å². The van der Waals surface area contributed by atoms with Gasteiger partial charge in [-0.2, -0.15) is 0 Å². The van der Waals surface area contributed by atoms with E-state index in [1.54, 1.807) is 19.1 Å².